The van der Waals surface area contributed by atoms with Gasteiger partial charge in [0.25, 0.3) is 0 Å². The van der Waals surface area contributed by atoms with Crippen LogP contribution in [0, 0.1) is 0 Å². The highest BCUT2D eigenvalue weighted by molar-refractivity contribution is 6.03. The van der Waals surface area contributed by atoms with E-state index in [1.54, 1.807) is 18.2 Å². The Bertz CT molecular complexity index is 756. The van der Waals surface area contributed by atoms with Crippen LogP contribution in [-0.2, 0) is 4.79 Å². The van der Waals surface area contributed by atoms with Gasteiger partial charge >= 0.3 is 0 Å². The van der Waals surface area contributed by atoms with Crippen LogP contribution in [0.25, 0.3) is 0 Å². The largest absolute Gasteiger partial charge is 0.504 e. The van der Waals surface area contributed by atoms with E-state index < -0.39 is 0 Å². The number of carbonyl (C=O) groups is 1. The van der Waals surface area contributed by atoms with Crippen LogP contribution in [0.2, 0.25) is 0 Å². The summed E-state index contributed by atoms with van der Waals surface area (Å²) in [5, 5.41) is 15.7. The minimum Gasteiger partial charge on any atom is -0.504 e. The van der Waals surface area contributed by atoms with Crippen molar-refractivity contribution in [2.75, 3.05) is 7.11 Å². The molecule has 1 atom stereocenters. The summed E-state index contributed by atoms with van der Waals surface area (Å²) in [5.74, 6) is 0.347. The Balaban J connectivity index is 1.96. The Morgan fingerprint density at radius 3 is 2.65 bits per heavy atom. The Labute approximate surface area is 134 Å². The monoisotopic (exact) mass is 310 g/mol. The number of hydrogen-bond donors (Lipinski definition) is 1. The highest BCUT2D eigenvalue weighted by Crippen LogP contribution is 2.36. The van der Waals surface area contributed by atoms with Crippen LogP contribution < -0.4 is 4.74 Å². The van der Waals surface area contributed by atoms with Gasteiger partial charge in [0, 0.05) is 13.3 Å². The molecule has 1 aliphatic rings. The number of hydrogen-bond acceptors (Lipinski definition) is 4. The van der Waals surface area contributed by atoms with E-state index in [9.17, 15) is 9.90 Å². The Morgan fingerprint density at radius 2 is 2.00 bits per heavy atom. The SMILES string of the molecule is COc1cc([C@H]2CC(c3ccccc3)=NN2C(C)=O)ccc1O. The first-order chi connectivity index (χ1) is 11.1. The molecule has 0 aromatic heterocycles. The number of methoxy groups -OCH3 is 1. The second-order valence-electron chi connectivity index (χ2n) is 5.43. The summed E-state index contributed by atoms with van der Waals surface area (Å²) in [4.78, 5) is 12.0. The van der Waals surface area contributed by atoms with Crippen molar-refractivity contribution in [3.05, 3.63) is 59.7 Å². The van der Waals surface area contributed by atoms with Crippen LogP contribution in [0.15, 0.2) is 53.6 Å². The zero-order chi connectivity index (χ0) is 16.4. The highest BCUT2D eigenvalue weighted by atomic mass is 16.5. The predicted octanol–water partition coefficient (Wildman–Crippen LogP) is 3.10. The molecular weight excluding hydrogens is 292 g/mol. The van der Waals surface area contributed by atoms with Crippen molar-refractivity contribution in [1.29, 1.82) is 0 Å². The first kappa shape index (κ1) is 15.1. The maximum Gasteiger partial charge on any atom is 0.240 e. The molecule has 0 saturated carbocycles. The molecule has 1 N–H and O–H groups in total. The molecule has 1 amide bonds. The van der Waals surface area contributed by atoms with E-state index in [2.05, 4.69) is 5.10 Å². The lowest BCUT2D eigenvalue weighted by Crippen LogP contribution is -2.24. The number of aromatic hydroxyl groups is 1. The standard InChI is InChI=1S/C18H18N2O3/c1-12(21)20-16(14-8-9-17(22)18(10-14)23-2)11-15(19-20)13-6-4-3-5-7-13/h3-10,16,22H,11H2,1-2H3/t16-/m1/s1. The summed E-state index contributed by atoms with van der Waals surface area (Å²) in [6.07, 6.45) is 0.623. The molecule has 2 aromatic rings. The second kappa shape index (κ2) is 6.12. The summed E-state index contributed by atoms with van der Waals surface area (Å²) in [7, 11) is 1.50. The average molecular weight is 310 g/mol. The van der Waals surface area contributed by atoms with Gasteiger partial charge in [0.1, 0.15) is 0 Å². The van der Waals surface area contributed by atoms with Gasteiger partial charge in [-0.2, -0.15) is 5.10 Å². The lowest BCUT2D eigenvalue weighted by molar-refractivity contribution is -0.130. The quantitative estimate of drug-likeness (QED) is 0.947. The Morgan fingerprint density at radius 1 is 1.26 bits per heavy atom. The molecule has 0 bridgehead atoms. The number of benzene rings is 2. The van der Waals surface area contributed by atoms with E-state index in [0.29, 0.717) is 12.2 Å². The van der Waals surface area contributed by atoms with Crippen molar-refractivity contribution in [2.45, 2.75) is 19.4 Å². The van der Waals surface area contributed by atoms with Crippen molar-refractivity contribution in [3.8, 4) is 11.5 Å². The maximum absolute atomic E-state index is 12.0. The minimum absolute atomic E-state index is 0.0767. The van der Waals surface area contributed by atoms with E-state index >= 15 is 0 Å². The topological polar surface area (TPSA) is 62.1 Å². The first-order valence-electron chi connectivity index (χ1n) is 7.39. The van der Waals surface area contributed by atoms with Crippen molar-refractivity contribution in [3.63, 3.8) is 0 Å². The minimum atomic E-state index is -0.197. The fourth-order valence-electron chi connectivity index (χ4n) is 2.77. The zero-order valence-corrected chi connectivity index (χ0v) is 13.1. The van der Waals surface area contributed by atoms with Crippen molar-refractivity contribution in [2.24, 2.45) is 5.10 Å². The molecule has 0 radical (unpaired) electrons. The summed E-state index contributed by atoms with van der Waals surface area (Å²) >= 11 is 0. The number of hydrazone groups is 1. The van der Waals surface area contributed by atoms with Gasteiger partial charge in [-0.1, -0.05) is 36.4 Å². The van der Waals surface area contributed by atoms with Gasteiger partial charge in [-0.25, -0.2) is 5.01 Å². The Hall–Kier alpha value is -2.82. The molecule has 0 saturated heterocycles. The average Bonchev–Trinajstić information content (AvgIpc) is 3.02. The number of nitrogens with zero attached hydrogens (tertiary/aromatic N) is 2. The molecule has 2 aromatic carbocycles. The number of phenols is 1. The van der Waals surface area contributed by atoms with Crippen LogP contribution in [0.4, 0.5) is 0 Å². The lowest BCUT2D eigenvalue weighted by Gasteiger charge is -2.21. The highest BCUT2D eigenvalue weighted by Gasteiger charge is 2.31. The lowest BCUT2D eigenvalue weighted by atomic mass is 9.98. The molecule has 0 spiro atoms. The molecular formula is C18H18N2O3. The number of phenolic OH excluding ortho intramolecular Hbond substituents is 1. The molecule has 118 valence electrons. The molecule has 1 heterocycles. The maximum atomic E-state index is 12.0. The van der Waals surface area contributed by atoms with Gasteiger partial charge in [0.2, 0.25) is 5.91 Å². The van der Waals surface area contributed by atoms with Crippen LogP contribution in [0.3, 0.4) is 0 Å². The molecule has 0 fully saturated rings. The van der Waals surface area contributed by atoms with E-state index in [1.165, 1.54) is 19.0 Å². The van der Waals surface area contributed by atoms with Crippen molar-refractivity contribution in [1.82, 2.24) is 5.01 Å². The third kappa shape index (κ3) is 2.90. The number of carbonyl (C=O) groups excluding carboxylic acids is 1. The number of amides is 1. The molecule has 0 aliphatic carbocycles. The fourth-order valence-corrected chi connectivity index (χ4v) is 2.77. The van der Waals surface area contributed by atoms with Gasteiger partial charge in [0.15, 0.2) is 11.5 Å². The first-order valence-corrected chi connectivity index (χ1v) is 7.39. The zero-order valence-electron chi connectivity index (χ0n) is 13.1. The molecule has 5 nitrogen and oxygen atoms in total. The summed E-state index contributed by atoms with van der Waals surface area (Å²) in [6, 6.07) is 14.7. The van der Waals surface area contributed by atoms with Gasteiger partial charge in [-0.3, -0.25) is 4.79 Å². The van der Waals surface area contributed by atoms with Crippen LogP contribution in [-0.4, -0.2) is 28.8 Å². The van der Waals surface area contributed by atoms with Crippen molar-refractivity contribution >= 4 is 11.6 Å². The smallest absolute Gasteiger partial charge is 0.240 e. The van der Waals surface area contributed by atoms with Crippen molar-refractivity contribution < 1.29 is 14.6 Å². The van der Waals surface area contributed by atoms with Gasteiger partial charge in [0.05, 0.1) is 18.9 Å². The summed E-state index contributed by atoms with van der Waals surface area (Å²) < 4.78 is 5.16. The summed E-state index contributed by atoms with van der Waals surface area (Å²) in [6.45, 7) is 1.50. The van der Waals surface area contributed by atoms with E-state index in [0.717, 1.165) is 16.8 Å². The Kier molecular flexibility index (Phi) is 4.02. The molecule has 1 aliphatic heterocycles. The third-order valence-corrected chi connectivity index (χ3v) is 3.93. The van der Waals surface area contributed by atoms with Gasteiger partial charge in [-0.05, 0) is 23.3 Å². The van der Waals surface area contributed by atoms with Crippen LogP contribution in [0.1, 0.15) is 30.5 Å². The second-order valence-corrected chi connectivity index (χ2v) is 5.43. The van der Waals surface area contributed by atoms with Gasteiger partial charge < -0.3 is 9.84 Å². The van der Waals surface area contributed by atoms with Crippen LogP contribution in [0.5, 0.6) is 11.5 Å². The van der Waals surface area contributed by atoms with Crippen LogP contribution >= 0.6 is 0 Å². The molecule has 5 heteroatoms. The van der Waals surface area contributed by atoms with Gasteiger partial charge in [-0.15, -0.1) is 0 Å². The summed E-state index contributed by atoms with van der Waals surface area (Å²) in [5.41, 5.74) is 2.76. The van der Waals surface area contributed by atoms with E-state index in [-0.39, 0.29) is 17.7 Å². The third-order valence-electron chi connectivity index (χ3n) is 3.93. The molecule has 3 rings (SSSR count). The normalized spacial score (nSPS) is 17.0. The number of rotatable bonds is 3. The molecule has 23 heavy (non-hydrogen) atoms. The molecule has 0 unspecified atom stereocenters. The van der Waals surface area contributed by atoms with E-state index in [4.69, 9.17) is 4.74 Å². The van der Waals surface area contributed by atoms with E-state index in [1.807, 2.05) is 30.3 Å². The predicted molar refractivity (Wildman–Crippen MR) is 87.5 cm³/mol. The fraction of sp³-hybridized carbons (Fsp3) is 0.222. The number of ether oxygens (including phenoxy) is 1.